The Morgan fingerprint density at radius 3 is 3.33 bits per heavy atom. The molecule has 1 radical (unpaired) electrons. The summed E-state index contributed by atoms with van der Waals surface area (Å²) in [6, 6.07) is 0. The summed E-state index contributed by atoms with van der Waals surface area (Å²) in [5, 5.41) is 3.56. The number of ether oxygens (including phenoxy) is 1. The van der Waals surface area contributed by atoms with Crippen LogP contribution in [0.25, 0.3) is 0 Å². The first-order chi connectivity index (χ1) is 4.43. The van der Waals surface area contributed by atoms with Crippen molar-refractivity contribution in [3.05, 3.63) is 11.6 Å². The summed E-state index contributed by atoms with van der Waals surface area (Å²) < 4.78 is 5.17. The van der Waals surface area contributed by atoms with Crippen LogP contribution in [-0.2, 0) is 0 Å². The molecule has 0 bridgehead atoms. The van der Waals surface area contributed by atoms with E-state index in [1.54, 1.807) is 6.20 Å². The second kappa shape index (κ2) is 3.45. The first kappa shape index (κ1) is 6.55. The normalized spacial score (nSPS) is 9.44. The van der Waals surface area contributed by atoms with Crippen LogP contribution in [-0.4, -0.2) is 11.6 Å². The zero-order valence-electron chi connectivity index (χ0n) is 5.26. The minimum absolute atomic E-state index is 0.719. The van der Waals surface area contributed by atoms with Crippen molar-refractivity contribution in [2.75, 3.05) is 6.61 Å². The standard InChI is InChI=1S/C6H8NOS/c1-2-4-8-6-7-3-5-9-6/h3H,2,4H2,1H3. The van der Waals surface area contributed by atoms with Crippen LogP contribution in [0.1, 0.15) is 13.3 Å². The Kier molecular flexibility index (Phi) is 2.51. The second-order valence-electron chi connectivity index (χ2n) is 1.59. The van der Waals surface area contributed by atoms with E-state index < -0.39 is 0 Å². The van der Waals surface area contributed by atoms with Crippen LogP contribution >= 0.6 is 11.3 Å². The summed E-state index contributed by atoms with van der Waals surface area (Å²) in [4.78, 5) is 3.89. The molecule has 1 aromatic heterocycles. The lowest BCUT2D eigenvalue weighted by Gasteiger charge is -1.95. The fraction of sp³-hybridized carbons (Fsp3) is 0.500. The lowest BCUT2D eigenvalue weighted by Crippen LogP contribution is -1.93. The van der Waals surface area contributed by atoms with Crippen LogP contribution in [0.3, 0.4) is 0 Å². The molecule has 0 unspecified atom stereocenters. The highest BCUT2D eigenvalue weighted by Gasteiger charge is 1.91. The minimum atomic E-state index is 0.719. The van der Waals surface area contributed by atoms with Gasteiger partial charge < -0.3 is 4.74 Å². The minimum Gasteiger partial charge on any atom is -0.470 e. The number of hydrogen-bond donors (Lipinski definition) is 0. The Morgan fingerprint density at radius 2 is 2.78 bits per heavy atom. The molecule has 9 heavy (non-hydrogen) atoms. The second-order valence-corrected chi connectivity index (χ2v) is 2.38. The van der Waals surface area contributed by atoms with Gasteiger partial charge in [-0.1, -0.05) is 18.3 Å². The van der Waals surface area contributed by atoms with Gasteiger partial charge in [-0.15, -0.1) is 0 Å². The van der Waals surface area contributed by atoms with Crippen molar-refractivity contribution in [3.8, 4) is 5.19 Å². The molecule has 0 fully saturated rings. The molecule has 0 N–H and O–H groups in total. The van der Waals surface area contributed by atoms with Crippen molar-refractivity contribution >= 4 is 11.3 Å². The molecule has 0 aliphatic rings. The SMILES string of the molecule is CCCOc1nc[c]s1. The molecular weight excluding hydrogens is 134 g/mol. The molecule has 0 atom stereocenters. The van der Waals surface area contributed by atoms with E-state index in [0.29, 0.717) is 0 Å². The van der Waals surface area contributed by atoms with E-state index in [-0.39, 0.29) is 0 Å². The average molecular weight is 142 g/mol. The summed E-state index contributed by atoms with van der Waals surface area (Å²) in [7, 11) is 0. The van der Waals surface area contributed by atoms with Crippen LogP contribution in [0.2, 0.25) is 0 Å². The fourth-order valence-electron chi connectivity index (χ4n) is 0.438. The highest BCUT2D eigenvalue weighted by Crippen LogP contribution is 2.12. The van der Waals surface area contributed by atoms with E-state index in [2.05, 4.69) is 17.3 Å². The van der Waals surface area contributed by atoms with Gasteiger partial charge in [-0.2, -0.15) is 0 Å². The van der Waals surface area contributed by atoms with Gasteiger partial charge in [0.25, 0.3) is 5.19 Å². The first-order valence-electron chi connectivity index (χ1n) is 2.88. The van der Waals surface area contributed by atoms with E-state index in [0.717, 1.165) is 18.2 Å². The molecule has 1 heterocycles. The molecule has 0 amide bonds. The summed E-state index contributed by atoms with van der Waals surface area (Å²) in [6.45, 7) is 2.82. The van der Waals surface area contributed by atoms with Gasteiger partial charge in [-0.25, -0.2) is 4.98 Å². The predicted molar refractivity (Wildman–Crippen MR) is 36.7 cm³/mol. The van der Waals surface area contributed by atoms with E-state index in [1.807, 2.05) is 0 Å². The topological polar surface area (TPSA) is 22.1 Å². The predicted octanol–water partition coefficient (Wildman–Crippen LogP) is 1.73. The number of aromatic nitrogens is 1. The maximum Gasteiger partial charge on any atom is 0.273 e. The van der Waals surface area contributed by atoms with E-state index in [9.17, 15) is 0 Å². The molecule has 0 aliphatic heterocycles. The monoisotopic (exact) mass is 142 g/mol. The lowest BCUT2D eigenvalue weighted by atomic mass is 10.5. The molecule has 3 heteroatoms. The van der Waals surface area contributed by atoms with Gasteiger partial charge in [0.2, 0.25) is 0 Å². The summed E-state index contributed by atoms with van der Waals surface area (Å²) in [5.74, 6) is 0. The molecule has 0 spiro atoms. The maximum atomic E-state index is 5.17. The molecule has 1 aromatic rings. The number of nitrogens with zero attached hydrogens (tertiary/aromatic N) is 1. The third-order valence-corrected chi connectivity index (χ3v) is 1.42. The molecule has 0 saturated carbocycles. The van der Waals surface area contributed by atoms with Gasteiger partial charge in [0.15, 0.2) is 0 Å². The Bertz CT molecular complexity index is 150. The molecule has 2 nitrogen and oxygen atoms in total. The number of thiazole rings is 1. The van der Waals surface area contributed by atoms with Crippen molar-refractivity contribution < 1.29 is 4.74 Å². The summed E-state index contributed by atoms with van der Waals surface area (Å²) in [5.41, 5.74) is 0. The first-order valence-corrected chi connectivity index (χ1v) is 3.70. The van der Waals surface area contributed by atoms with Gasteiger partial charge in [0.05, 0.1) is 18.2 Å². The van der Waals surface area contributed by atoms with Gasteiger partial charge in [0.1, 0.15) is 0 Å². The molecule has 1 rings (SSSR count). The van der Waals surface area contributed by atoms with Crippen LogP contribution in [0.15, 0.2) is 6.20 Å². The molecule has 0 aliphatic carbocycles. The zero-order valence-corrected chi connectivity index (χ0v) is 6.07. The highest BCUT2D eigenvalue weighted by atomic mass is 32.1. The Morgan fingerprint density at radius 1 is 1.89 bits per heavy atom. The van der Waals surface area contributed by atoms with Crippen LogP contribution in [0.4, 0.5) is 0 Å². The van der Waals surface area contributed by atoms with Crippen molar-refractivity contribution in [1.29, 1.82) is 0 Å². The van der Waals surface area contributed by atoms with E-state index >= 15 is 0 Å². The highest BCUT2D eigenvalue weighted by molar-refractivity contribution is 7.10. The van der Waals surface area contributed by atoms with Crippen LogP contribution in [0.5, 0.6) is 5.19 Å². The molecular formula is C6H8NOS. The third kappa shape index (κ3) is 2.01. The Balaban J connectivity index is 2.30. The Labute approximate surface area is 58.5 Å². The van der Waals surface area contributed by atoms with Crippen molar-refractivity contribution in [2.45, 2.75) is 13.3 Å². The molecule has 49 valence electrons. The van der Waals surface area contributed by atoms with Crippen molar-refractivity contribution in [3.63, 3.8) is 0 Å². The van der Waals surface area contributed by atoms with Crippen molar-refractivity contribution in [1.82, 2.24) is 4.98 Å². The summed E-state index contributed by atoms with van der Waals surface area (Å²) >= 11 is 1.40. The van der Waals surface area contributed by atoms with Crippen LogP contribution < -0.4 is 4.74 Å². The maximum absolute atomic E-state index is 5.17. The van der Waals surface area contributed by atoms with E-state index in [4.69, 9.17) is 4.74 Å². The Hall–Kier alpha value is -0.570. The van der Waals surface area contributed by atoms with Gasteiger partial charge >= 0.3 is 0 Å². The number of rotatable bonds is 3. The third-order valence-electron chi connectivity index (χ3n) is 0.799. The van der Waals surface area contributed by atoms with Gasteiger partial charge in [0, 0.05) is 0 Å². The van der Waals surface area contributed by atoms with Gasteiger partial charge in [-0.05, 0) is 6.42 Å². The zero-order chi connectivity index (χ0) is 6.53. The largest absolute Gasteiger partial charge is 0.470 e. The van der Waals surface area contributed by atoms with Gasteiger partial charge in [-0.3, -0.25) is 0 Å². The fourth-order valence-corrected chi connectivity index (χ4v) is 0.892. The quantitative estimate of drug-likeness (QED) is 0.641. The number of hydrogen-bond acceptors (Lipinski definition) is 3. The lowest BCUT2D eigenvalue weighted by molar-refractivity contribution is 0.316. The van der Waals surface area contributed by atoms with E-state index in [1.165, 1.54) is 11.3 Å². The summed E-state index contributed by atoms with van der Waals surface area (Å²) in [6.07, 6.45) is 2.65. The molecule has 0 aromatic carbocycles. The average Bonchev–Trinajstić information content (AvgIpc) is 2.34. The van der Waals surface area contributed by atoms with Crippen LogP contribution in [0, 0.1) is 5.38 Å². The molecule has 0 saturated heterocycles. The van der Waals surface area contributed by atoms with Crippen molar-refractivity contribution in [2.24, 2.45) is 0 Å². The smallest absolute Gasteiger partial charge is 0.273 e.